The number of carbonyl (C=O) groups is 1. The Morgan fingerprint density at radius 3 is 2.64 bits per heavy atom. The number of hydrogen-bond acceptors (Lipinski definition) is 5. The molecule has 2 unspecified atom stereocenters. The Kier molecular flexibility index (Phi) is 4.70. The Morgan fingerprint density at radius 2 is 2.09 bits per heavy atom. The molecule has 1 N–H and O–H groups in total. The SMILES string of the molecule is Cc1noc(Cl)c1CC(=O)N1CCN(C2CCCC2O)CC1. The molecule has 0 bridgehead atoms. The summed E-state index contributed by atoms with van der Waals surface area (Å²) in [4.78, 5) is 16.6. The maximum absolute atomic E-state index is 12.4. The summed E-state index contributed by atoms with van der Waals surface area (Å²) in [5, 5.41) is 14.0. The average Bonchev–Trinajstić information content (AvgIpc) is 3.08. The van der Waals surface area contributed by atoms with Gasteiger partial charge in [-0.05, 0) is 37.8 Å². The van der Waals surface area contributed by atoms with Crippen LogP contribution >= 0.6 is 11.6 Å². The van der Waals surface area contributed by atoms with E-state index >= 15 is 0 Å². The molecule has 2 fully saturated rings. The van der Waals surface area contributed by atoms with Gasteiger partial charge in [0.25, 0.3) is 0 Å². The molecule has 1 aromatic rings. The van der Waals surface area contributed by atoms with Crippen molar-refractivity contribution in [2.75, 3.05) is 26.2 Å². The highest BCUT2D eigenvalue weighted by Crippen LogP contribution is 2.25. The van der Waals surface area contributed by atoms with Crippen LogP contribution in [0.15, 0.2) is 4.52 Å². The van der Waals surface area contributed by atoms with Crippen LogP contribution in [-0.2, 0) is 11.2 Å². The third kappa shape index (κ3) is 3.14. The molecule has 1 saturated carbocycles. The van der Waals surface area contributed by atoms with Crippen LogP contribution in [0.5, 0.6) is 0 Å². The van der Waals surface area contributed by atoms with Crippen LogP contribution < -0.4 is 0 Å². The third-order valence-corrected chi connectivity index (χ3v) is 5.14. The number of halogens is 1. The fraction of sp³-hybridized carbons (Fsp3) is 0.733. The first-order valence-corrected chi connectivity index (χ1v) is 8.24. The number of aryl methyl sites for hydroxylation is 1. The van der Waals surface area contributed by atoms with Gasteiger partial charge in [-0.1, -0.05) is 5.16 Å². The molecular formula is C15H22ClN3O3. The van der Waals surface area contributed by atoms with E-state index in [1.807, 2.05) is 4.90 Å². The highest BCUT2D eigenvalue weighted by Gasteiger charge is 2.33. The number of amides is 1. The summed E-state index contributed by atoms with van der Waals surface area (Å²) in [5.41, 5.74) is 1.35. The molecule has 122 valence electrons. The number of rotatable bonds is 3. The van der Waals surface area contributed by atoms with Crippen LogP contribution in [-0.4, -0.2) is 64.3 Å². The number of hydrogen-bond donors (Lipinski definition) is 1. The van der Waals surface area contributed by atoms with Crippen LogP contribution in [0, 0.1) is 6.92 Å². The maximum Gasteiger partial charge on any atom is 0.229 e. The molecule has 1 amide bonds. The van der Waals surface area contributed by atoms with Gasteiger partial charge in [-0.15, -0.1) is 0 Å². The van der Waals surface area contributed by atoms with Crippen molar-refractivity contribution in [3.8, 4) is 0 Å². The number of aliphatic hydroxyl groups is 1. The van der Waals surface area contributed by atoms with Crippen LogP contribution in [0.3, 0.4) is 0 Å². The second-order valence-corrected chi connectivity index (χ2v) is 6.52. The lowest BCUT2D eigenvalue weighted by atomic mass is 10.1. The van der Waals surface area contributed by atoms with Gasteiger partial charge in [0.15, 0.2) is 0 Å². The van der Waals surface area contributed by atoms with Crippen molar-refractivity contribution in [3.63, 3.8) is 0 Å². The van der Waals surface area contributed by atoms with E-state index in [1.165, 1.54) is 0 Å². The summed E-state index contributed by atoms with van der Waals surface area (Å²) in [5.74, 6) is 0.0554. The van der Waals surface area contributed by atoms with Crippen LogP contribution in [0.25, 0.3) is 0 Å². The molecule has 7 heteroatoms. The first-order valence-electron chi connectivity index (χ1n) is 7.87. The van der Waals surface area contributed by atoms with E-state index in [4.69, 9.17) is 16.1 Å². The van der Waals surface area contributed by atoms with E-state index in [-0.39, 0.29) is 29.7 Å². The molecule has 3 rings (SSSR count). The minimum atomic E-state index is -0.208. The van der Waals surface area contributed by atoms with Gasteiger partial charge in [0.2, 0.25) is 11.1 Å². The van der Waals surface area contributed by atoms with E-state index in [9.17, 15) is 9.90 Å². The molecule has 1 aromatic heterocycles. The molecule has 2 aliphatic rings. The fourth-order valence-corrected chi connectivity index (χ4v) is 3.71. The van der Waals surface area contributed by atoms with E-state index < -0.39 is 0 Å². The van der Waals surface area contributed by atoms with Gasteiger partial charge < -0.3 is 14.5 Å². The lowest BCUT2D eigenvalue weighted by molar-refractivity contribution is -0.132. The van der Waals surface area contributed by atoms with Crippen LogP contribution in [0.2, 0.25) is 5.22 Å². The van der Waals surface area contributed by atoms with Gasteiger partial charge in [-0.3, -0.25) is 9.69 Å². The Morgan fingerprint density at radius 1 is 1.36 bits per heavy atom. The minimum absolute atomic E-state index is 0.0554. The van der Waals surface area contributed by atoms with Gasteiger partial charge in [0.05, 0.1) is 18.2 Å². The zero-order valence-corrected chi connectivity index (χ0v) is 13.6. The molecule has 1 aliphatic heterocycles. The third-order valence-electron chi connectivity index (χ3n) is 4.84. The highest BCUT2D eigenvalue weighted by molar-refractivity contribution is 6.29. The van der Waals surface area contributed by atoms with E-state index in [2.05, 4.69) is 10.1 Å². The standard InChI is InChI=1S/C15H22ClN3O3/c1-10-11(15(16)22-17-10)9-14(21)19-7-5-18(6-8-19)12-3-2-4-13(12)20/h12-13,20H,2-9H2,1H3. The quantitative estimate of drug-likeness (QED) is 0.904. The van der Waals surface area contributed by atoms with E-state index in [0.717, 1.165) is 32.4 Å². The molecule has 22 heavy (non-hydrogen) atoms. The molecular weight excluding hydrogens is 306 g/mol. The summed E-state index contributed by atoms with van der Waals surface area (Å²) in [6, 6.07) is 0.270. The molecule has 6 nitrogen and oxygen atoms in total. The summed E-state index contributed by atoms with van der Waals surface area (Å²) < 4.78 is 4.89. The average molecular weight is 328 g/mol. The molecule has 0 radical (unpaired) electrons. The van der Waals surface area contributed by atoms with Crippen molar-refractivity contribution < 1.29 is 14.4 Å². The summed E-state index contributed by atoms with van der Waals surface area (Å²) in [7, 11) is 0. The Hall–Kier alpha value is -1.11. The first kappa shape index (κ1) is 15.8. The summed E-state index contributed by atoms with van der Waals surface area (Å²) in [6.45, 7) is 4.83. The lowest BCUT2D eigenvalue weighted by Crippen LogP contribution is -2.53. The van der Waals surface area contributed by atoms with Gasteiger partial charge >= 0.3 is 0 Å². The smallest absolute Gasteiger partial charge is 0.229 e. The predicted molar refractivity (Wildman–Crippen MR) is 81.8 cm³/mol. The van der Waals surface area contributed by atoms with E-state index in [0.29, 0.717) is 24.3 Å². The number of nitrogens with zero attached hydrogens (tertiary/aromatic N) is 3. The number of carbonyl (C=O) groups excluding carboxylic acids is 1. The molecule has 0 aromatic carbocycles. The molecule has 1 aliphatic carbocycles. The Bertz CT molecular complexity index is 521. The van der Waals surface area contributed by atoms with Crippen molar-refractivity contribution in [1.29, 1.82) is 0 Å². The molecule has 1 saturated heterocycles. The number of aliphatic hydroxyl groups excluding tert-OH is 1. The fourth-order valence-electron chi connectivity index (χ4n) is 3.47. The van der Waals surface area contributed by atoms with Gasteiger partial charge in [-0.25, -0.2) is 0 Å². The molecule has 2 heterocycles. The summed E-state index contributed by atoms with van der Waals surface area (Å²) in [6.07, 6.45) is 3.08. The Labute approximate surface area is 135 Å². The summed E-state index contributed by atoms with van der Waals surface area (Å²) >= 11 is 5.92. The first-order chi connectivity index (χ1) is 10.6. The predicted octanol–water partition coefficient (Wildman–Crippen LogP) is 1.24. The van der Waals surface area contributed by atoms with Crippen molar-refractivity contribution in [3.05, 3.63) is 16.5 Å². The topological polar surface area (TPSA) is 69.8 Å². The monoisotopic (exact) mass is 327 g/mol. The number of piperazine rings is 1. The van der Waals surface area contributed by atoms with Crippen molar-refractivity contribution in [2.45, 2.75) is 44.8 Å². The highest BCUT2D eigenvalue weighted by atomic mass is 35.5. The van der Waals surface area contributed by atoms with Gasteiger partial charge in [-0.2, -0.15) is 0 Å². The van der Waals surface area contributed by atoms with E-state index in [1.54, 1.807) is 6.92 Å². The van der Waals surface area contributed by atoms with Crippen molar-refractivity contribution in [2.24, 2.45) is 0 Å². The zero-order chi connectivity index (χ0) is 15.7. The normalized spacial score (nSPS) is 26.6. The largest absolute Gasteiger partial charge is 0.391 e. The zero-order valence-electron chi connectivity index (χ0n) is 12.8. The second kappa shape index (κ2) is 6.56. The van der Waals surface area contributed by atoms with Crippen molar-refractivity contribution >= 4 is 17.5 Å². The minimum Gasteiger partial charge on any atom is -0.391 e. The number of aromatic nitrogens is 1. The van der Waals surface area contributed by atoms with Crippen molar-refractivity contribution in [1.82, 2.24) is 15.0 Å². The van der Waals surface area contributed by atoms with Crippen LogP contribution in [0.4, 0.5) is 0 Å². The Balaban J connectivity index is 1.54. The maximum atomic E-state index is 12.4. The van der Waals surface area contributed by atoms with Crippen LogP contribution in [0.1, 0.15) is 30.5 Å². The molecule has 0 spiro atoms. The van der Waals surface area contributed by atoms with Gasteiger partial charge in [0, 0.05) is 37.8 Å². The van der Waals surface area contributed by atoms with Gasteiger partial charge in [0.1, 0.15) is 0 Å². The molecule has 2 atom stereocenters. The lowest BCUT2D eigenvalue weighted by Gasteiger charge is -2.39. The second-order valence-electron chi connectivity index (χ2n) is 6.18.